The summed E-state index contributed by atoms with van der Waals surface area (Å²) in [6, 6.07) is 5.46. The average Bonchev–Trinajstić information content (AvgIpc) is 2.25. The molecule has 0 bridgehead atoms. The first kappa shape index (κ1) is 13.4. The van der Waals surface area contributed by atoms with E-state index in [4.69, 9.17) is 0 Å². The molecule has 3 heteroatoms. The fourth-order valence-corrected chi connectivity index (χ4v) is 1.57. The highest BCUT2D eigenvalue weighted by atomic mass is 16.2. The second-order valence-corrected chi connectivity index (χ2v) is 4.75. The van der Waals surface area contributed by atoms with Crippen molar-refractivity contribution < 1.29 is 9.59 Å². The van der Waals surface area contributed by atoms with Gasteiger partial charge in [-0.2, -0.15) is 0 Å². The van der Waals surface area contributed by atoms with Crippen molar-refractivity contribution in [2.24, 2.45) is 5.92 Å². The predicted molar refractivity (Wildman–Crippen MR) is 68.1 cm³/mol. The third-order valence-electron chi connectivity index (χ3n) is 2.50. The van der Waals surface area contributed by atoms with Gasteiger partial charge in [0.2, 0.25) is 5.78 Å². The second-order valence-electron chi connectivity index (χ2n) is 4.75. The van der Waals surface area contributed by atoms with Crippen LogP contribution in [-0.4, -0.2) is 18.2 Å². The molecule has 17 heavy (non-hydrogen) atoms. The van der Waals surface area contributed by atoms with Crippen LogP contribution in [0.4, 0.5) is 0 Å². The van der Waals surface area contributed by atoms with Crippen LogP contribution in [0.5, 0.6) is 0 Å². The lowest BCUT2D eigenvalue weighted by atomic mass is 10.0. The summed E-state index contributed by atoms with van der Waals surface area (Å²) in [6.45, 7) is 8.30. The van der Waals surface area contributed by atoms with Gasteiger partial charge in [0.15, 0.2) is 0 Å². The highest BCUT2D eigenvalue weighted by Crippen LogP contribution is 2.11. The van der Waals surface area contributed by atoms with E-state index in [0.717, 1.165) is 11.1 Å². The Labute approximate surface area is 102 Å². The van der Waals surface area contributed by atoms with Crippen molar-refractivity contribution in [2.75, 3.05) is 6.54 Å². The maximum atomic E-state index is 11.9. The van der Waals surface area contributed by atoms with Crippen LogP contribution in [0.1, 0.15) is 35.3 Å². The van der Waals surface area contributed by atoms with Gasteiger partial charge in [0, 0.05) is 12.1 Å². The summed E-state index contributed by atoms with van der Waals surface area (Å²) in [6.07, 6.45) is 0. The molecule has 0 saturated heterocycles. The van der Waals surface area contributed by atoms with Gasteiger partial charge in [-0.05, 0) is 25.3 Å². The van der Waals surface area contributed by atoms with Gasteiger partial charge in [-0.3, -0.25) is 9.59 Å². The zero-order valence-electron chi connectivity index (χ0n) is 10.8. The van der Waals surface area contributed by atoms with E-state index in [9.17, 15) is 9.59 Å². The van der Waals surface area contributed by atoms with Crippen molar-refractivity contribution in [3.8, 4) is 0 Å². The van der Waals surface area contributed by atoms with Gasteiger partial charge in [-0.15, -0.1) is 0 Å². The smallest absolute Gasteiger partial charge is 0.292 e. The Balaban J connectivity index is 2.78. The highest BCUT2D eigenvalue weighted by Gasteiger charge is 2.17. The first-order valence-corrected chi connectivity index (χ1v) is 5.81. The molecule has 0 unspecified atom stereocenters. The van der Waals surface area contributed by atoms with E-state index in [0.29, 0.717) is 18.0 Å². The van der Waals surface area contributed by atoms with Crippen LogP contribution in [0.15, 0.2) is 18.2 Å². The van der Waals surface area contributed by atoms with E-state index in [2.05, 4.69) is 5.32 Å². The van der Waals surface area contributed by atoms with Crippen LogP contribution in [-0.2, 0) is 4.79 Å². The zero-order valence-corrected chi connectivity index (χ0v) is 10.8. The van der Waals surface area contributed by atoms with Crippen LogP contribution in [0, 0.1) is 19.8 Å². The second kappa shape index (κ2) is 5.62. The Morgan fingerprint density at radius 1 is 1.24 bits per heavy atom. The van der Waals surface area contributed by atoms with Crippen molar-refractivity contribution >= 4 is 11.7 Å². The van der Waals surface area contributed by atoms with Gasteiger partial charge in [0.25, 0.3) is 5.91 Å². The number of hydrogen-bond donors (Lipinski definition) is 1. The van der Waals surface area contributed by atoms with Gasteiger partial charge in [-0.25, -0.2) is 0 Å². The number of amides is 1. The first-order chi connectivity index (χ1) is 7.91. The average molecular weight is 233 g/mol. The molecular weight excluding hydrogens is 214 g/mol. The minimum atomic E-state index is -0.523. The van der Waals surface area contributed by atoms with Crippen LogP contribution in [0.2, 0.25) is 0 Å². The molecule has 1 aromatic carbocycles. The van der Waals surface area contributed by atoms with Crippen LogP contribution in [0.3, 0.4) is 0 Å². The van der Waals surface area contributed by atoms with Crippen LogP contribution in [0.25, 0.3) is 0 Å². The number of Topliss-reactive ketones (excluding diaryl/α,β-unsaturated/α-hetero) is 1. The number of aryl methyl sites for hydroxylation is 2. The van der Waals surface area contributed by atoms with Crippen molar-refractivity contribution in [1.82, 2.24) is 5.32 Å². The molecule has 0 heterocycles. The highest BCUT2D eigenvalue weighted by molar-refractivity contribution is 6.43. The molecule has 0 aromatic heterocycles. The lowest BCUT2D eigenvalue weighted by Gasteiger charge is -2.08. The SMILES string of the molecule is Cc1ccc(C(=O)C(=O)NCC(C)C)c(C)c1. The molecule has 0 saturated carbocycles. The molecule has 0 fully saturated rings. The van der Waals surface area contributed by atoms with Crippen LogP contribution < -0.4 is 5.32 Å². The third kappa shape index (κ3) is 3.70. The molecule has 1 amide bonds. The summed E-state index contributed by atoms with van der Waals surface area (Å²) in [5.41, 5.74) is 2.41. The molecule has 0 aliphatic carbocycles. The molecule has 0 atom stereocenters. The summed E-state index contributed by atoms with van der Waals surface area (Å²) in [4.78, 5) is 23.5. The molecule has 0 aliphatic heterocycles. The number of rotatable bonds is 4. The van der Waals surface area contributed by atoms with Crippen molar-refractivity contribution in [3.05, 3.63) is 34.9 Å². The van der Waals surface area contributed by atoms with E-state index >= 15 is 0 Å². The molecule has 0 radical (unpaired) electrons. The number of hydrogen-bond acceptors (Lipinski definition) is 2. The maximum absolute atomic E-state index is 11.9. The molecule has 1 N–H and O–H groups in total. The fraction of sp³-hybridized carbons (Fsp3) is 0.429. The summed E-state index contributed by atoms with van der Waals surface area (Å²) in [7, 11) is 0. The lowest BCUT2D eigenvalue weighted by molar-refractivity contribution is -0.117. The normalized spacial score (nSPS) is 10.4. The summed E-state index contributed by atoms with van der Waals surface area (Å²) < 4.78 is 0. The largest absolute Gasteiger partial charge is 0.349 e. The number of carbonyl (C=O) groups is 2. The minimum Gasteiger partial charge on any atom is -0.349 e. The van der Waals surface area contributed by atoms with Gasteiger partial charge in [0.05, 0.1) is 0 Å². The van der Waals surface area contributed by atoms with Gasteiger partial charge >= 0.3 is 0 Å². The van der Waals surface area contributed by atoms with Crippen LogP contribution >= 0.6 is 0 Å². The maximum Gasteiger partial charge on any atom is 0.292 e. The van der Waals surface area contributed by atoms with Crippen molar-refractivity contribution in [2.45, 2.75) is 27.7 Å². The van der Waals surface area contributed by atoms with E-state index < -0.39 is 11.7 Å². The summed E-state index contributed by atoms with van der Waals surface area (Å²) in [5.74, 6) is -0.639. The topological polar surface area (TPSA) is 46.2 Å². The number of carbonyl (C=O) groups excluding carboxylic acids is 2. The lowest BCUT2D eigenvalue weighted by Crippen LogP contribution is -2.33. The molecule has 1 rings (SSSR count). The molecule has 92 valence electrons. The Morgan fingerprint density at radius 2 is 1.88 bits per heavy atom. The Morgan fingerprint density at radius 3 is 2.41 bits per heavy atom. The van der Waals surface area contributed by atoms with Crippen molar-refractivity contribution in [1.29, 1.82) is 0 Å². The molecule has 1 aromatic rings. The van der Waals surface area contributed by atoms with Gasteiger partial charge in [0.1, 0.15) is 0 Å². The van der Waals surface area contributed by atoms with E-state index in [1.54, 1.807) is 6.07 Å². The van der Waals surface area contributed by atoms with E-state index in [1.807, 2.05) is 39.8 Å². The number of benzene rings is 1. The summed E-state index contributed by atoms with van der Waals surface area (Å²) in [5, 5.41) is 2.63. The van der Waals surface area contributed by atoms with Gasteiger partial charge in [-0.1, -0.05) is 37.6 Å². The van der Waals surface area contributed by atoms with Gasteiger partial charge < -0.3 is 5.32 Å². The zero-order chi connectivity index (χ0) is 13.0. The standard InChI is InChI=1S/C14H19NO2/c1-9(2)8-15-14(17)13(16)12-6-5-10(3)7-11(12)4/h5-7,9H,8H2,1-4H3,(H,15,17). The molecule has 3 nitrogen and oxygen atoms in total. The Kier molecular flexibility index (Phi) is 4.44. The number of nitrogens with one attached hydrogen (secondary N) is 1. The van der Waals surface area contributed by atoms with E-state index in [-0.39, 0.29) is 0 Å². The summed E-state index contributed by atoms with van der Waals surface area (Å²) >= 11 is 0. The Hall–Kier alpha value is -1.64. The fourth-order valence-electron chi connectivity index (χ4n) is 1.57. The van der Waals surface area contributed by atoms with Crippen molar-refractivity contribution in [3.63, 3.8) is 0 Å². The predicted octanol–water partition coefficient (Wildman–Crippen LogP) is 2.26. The first-order valence-electron chi connectivity index (χ1n) is 5.81. The molecular formula is C14H19NO2. The minimum absolute atomic E-state index is 0.339. The Bertz CT molecular complexity index is 436. The number of ketones is 1. The van der Waals surface area contributed by atoms with E-state index in [1.165, 1.54) is 0 Å². The quantitative estimate of drug-likeness (QED) is 0.640. The molecule has 0 spiro atoms. The molecule has 0 aliphatic rings. The monoisotopic (exact) mass is 233 g/mol. The third-order valence-corrected chi connectivity index (χ3v) is 2.50.